The Morgan fingerprint density at radius 2 is 1.69 bits per heavy atom. The number of aromatic amines is 1. The number of pyridine rings is 1. The molecular formula is C28H19F3N6O2. The number of H-pyrrole nitrogens is 1. The van der Waals surface area contributed by atoms with Crippen LogP contribution in [0.4, 0.5) is 24.8 Å². The second-order valence-corrected chi connectivity index (χ2v) is 8.71. The lowest BCUT2D eigenvalue weighted by Gasteiger charge is -2.14. The van der Waals surface area contributed by atoms with Crippen molar-refractivity contribution >= 4 is 33.6 Å². The van der Waals surface area contributed by atoms with E-state index in [2.05, 4.69) is 25.5 Å². The number of alkyl halides is 3. The summed E-state index contributed by atoms with van der Waals surface area (Å²) in [6.07, 6.45) is -1.38. The first kappa shape index (κ1) is 24.2. The van der Waals surface area contributed by atoms with Gasteiger partial charge >= 0.3 is 6.18 Å². The molecule has 0 fully saturated rings. The highest BCUT2D eigenvalue weighted by Gasteiger charge is 2.30. The normalized spacial score (nSPS) is 11.7. The van der Waals surface area contributed by atoms with E-state index in [4.69, 9.17) is 4.74 Å². The zero-order valence-corrected chi connectivity index (χ0v) is 20.3. The minimum absolute atomic E-state index is 0.263. The van der Waals surface area contributed by atoms with Gasteiger partial charge in [0.1, 0.15) is 5.75 Å². The smallest absolute Gasteiger partial charge is 0.416 e. The van der Waals surface area contributed by atoms with Gasteiger partial charge in [-0.05, 0) is 59.7 Å². The van der Waals surface area contributed by atoms with Gasteiger partial charge in [-0.1, -0.05) is 24.3 Å². The van der Waals surface area contributed by atoms with Gasteiger partial charge in [0.05, 0.1) is 40.8 Å². The van der Waals surface area contributed by atoms with Gasteiger partial charge < -0.3 is 10.1 Å². The van der Waals surface area contributed by atoms with E-state index in [0.29, 0.717) is 44.5 Å². The van der Waals surface area contributed by atoms with E-state index >= 15 is 0 Å². The van der Waals surface area contributed by atoms with Gasteiger partial charge in [-0.2, -0.15) is 23.3 Å². The zero-order chi connectivity index (χ0) is 27.1. The molecule has 0 atom stereocenters. The molecule has 8 nitrogen and oxygen atoms in total. The van der Waals surface area contributed by atoms with Crippen LogP contribution in [0.2, 0.25) is 0 Å². The van der Waals surface area contributed by atoms with Gasteiger partial charge in [0, 0.05) is 11.9 Å². The summed E-state index contributed by atoms with van der Waals surface area (Å²) in [4.78, 5) is 22.7. The Morgan fingerprint density at radius 3 is 2.41 bits per heavy atom. The van der Waals surface area contributed by atoms with Crippen molar-refractivity contribution < 1.29 is 17.9 Å². The van der Waals surface area contributed by atoms with Crippen molar-refractivity contribution in [2.45, 2.75) is 6.18 Å². The summed E-state index contributed by atoms with van der Waals surface area (Å²) in [5.41, 5.74) is 2.15. The standard InChI is InChI=1S/C28H19F3N6O2/c1-39-21-11-9-19(10-12-21)34-27-32-14-22-24-23(15-33-36-24)26(38)37(25(22)35-27)20-4-2-3-17(13-20)16-5-7-18(8-6-16)28(29,30)31/h2-15H,1H3,(H,33,36)(H,32,34,35). The van der Waals surface area contributed by atoms with Crippen molar-refractivity contribution in [1.82, 2.24) is 24.7 Å². The van der Waals surface area contributed by atoms with E-state index in [1.54, 1.807) is 49.7 Å². The Kier molecular flexibility index (Phi) is 5.75. The number of nitrogens with zero attached hydrogens (tertiary/aromatic N) is 4. The number of aromatic nitrogens is 5. The molecule has 0 aliphatic heterocycles. The fourth-order valence-corrected chi connectivity index (χ4v) is 4.37. The number of hydrogen-bond donors (Lipinski definition) is 2. The van der Waals surface area contributed by atoms with Crippen molar-refractivity contribution in [3.63, 3.8) is 0 Å². The molecule has 3 aromatic heterocycles. The van der Waals surface area contributed by atoms with Gasteiger partial charge in [-0.25, -0.2) is 4.98 Å². The van der Waals surface area contributed by atoms with E-state index in [1.165, 1.54) is 22.9 Å². The minimum Gasteiger partial charge on any atom is -0.497 e. The number of rotatable bonds is 5. The number of hydrogen-bond acceptors (Lipinski definition) is 6. The highest BCUT2D eigenvalue weighted by Crippen LogP contribution is 2.32. The molecule has 0 saturated heterocycles. The van der Waals surface area contributed by atoms with Crippen LogP contribution in [-0.2, 0) is 6.18 Å². The molecule has 0 bridgehead atoms. The fourth-order valence-electron chi connectivity index (χ4n) is 4.37. The number of halogens is 3. The molecule has 3 heterocycles. The van der Waals surface area contributed by atoms with Crippen molar-refractivity contribution in [3.8, 4) is 22.6 Å². The molecule has 2 N–H and O–H groups in total. The summed E-state index contributed by atoms with van der Waals surface area (Å²) in [7, 11) is 1.58. The van der Waals surface area contributed by atoms with Crippen LogP contribution >= 0.6 is 0 Å². The average molecular weight is 528 g/mol. The molecule has 0 spiro atoms. The van der Waals surface area contributed by atoms with Crippen LogP contribution in [0.15, 0.2) is 90.0 Å². The van der Waals surface area contributed by atoms with Crippen LogP contribution < -0.4 is 15.6 Å². The highest BCUT2D eigenvalue weighted by molar-refractivity contribution is 6.02. The maximum absolute atomic E-state index is 13.6. The predicted molar refractivity (Wildman–Crippen MR) is 142 cm³/mol. The molecule has 3 aromatic carbocycles. The molecule has 6 rings (SSSR count). The third-order valence-corrected chi connectivity index (χ3v) is 6.32. The van der Waals surface area contributed by atoms with Crippen LogP contribution in [0, 0.1) is 0 Å². The number of anilines is 2. The number of methoxy groups -OCH3 is 1. The van der Waals surface area contributed by atoms with Crippen LogP contribution in [0.1, 0.15) is 5.56 Å². The third-order valence-electron chi connectivity index (χ3n) is 6.32. The van der Waals surface area contributed by atoms with Crippen molar-refractivity contribution in [2.75, 3.05) is 12.4 Å². The highest BCUT2D eigenvalue weighted by atomic mass is 19.4. The second kappa shape index (κ2) is 9.28. The Balaban J connectivity index is 1.48. The summed E-state index contributed by atoms with van der Waals surface area (Å²) in [6, 6.07) is 19.0. The Labute approximate surface area is 218 Å². The quantitative estimate of drug-likeness (QED) is 0.281. The largest absolute Gasteiger partial charge is 0.497 e. The molecule has 0 amide bonds. The van der Waals surface area contributed by atoms with E-state index in [-0.39, 0.29) is 11.5 Å². The zero-order valence-electron chi connectivity index (χ0n) is 20.3. The minimum atomic E-state index is -4.43. The topological polar surface area (TPSA) is 97.7 Å². The summed E-state index contributed by atoms with van der Waals surface area (Å²) >= 11 is 0. The molecule has 0 aliphatic carbocycles. The molecule has 0 radical (unpaired) electrons. The predicted octanol–water partition coefficient (Wildman–Crippen LogP) is 6.10. The summed E-state index contributed by atoms with van der Waals surface area (Å²) < 4.78 is 45.8. The number of ether oxygens (including phenoxy) is 1. The average Bonchev–Trinajstić information content (AvgIpc) is 3.44. The van der Waals surface area contributed by atoms with Crippen LogP contribution in [0.5, 0.6) is 5.75 Å². The third kappa shape index (κ3) is 4.43. The van der Waals surface area contributed by atoms with Gasteiger partial charge in [-0.15, -0.1) is 0 Å². The molecule has 6 aromatic rings. The molecular weight excluding hydrogens is 509 g/mol. The Morgan fingerprint density at radius 1 is 0.923 bits per heavy atom. The van der Waals surface area contributed by atoms with E-state index in [1.807, 2.05) is 12.1 Å². The summed E-state index contributed by atoms with van der Waals surface area (Å²) in [5, 5.41) is 10.9. The lowest BCUT2D eigenvalue weighted by Crippen LogP contribution is -2.20. The SMILES string of the molecule is COc1ccc(Nc2ncc3c4[nH]ncc4c(=O)n(-c4cccc(-c5ccc(C(F)(F)F)cc5)c4)c3n2)cc1. The van der Waals surface area contributed by atoms with Gasteiger partial charge in [-0.3, -0.25) is 14.5 Å². The molecule has 0 unspecified atom stereocenters. The summed E-state index contributed by atoms with van der Waals surface area (Å²) in [6.45, 7) is 0. The van der Waals surface area contributed by atoms with Gasteiger partial charge in [0.25, 0.3) is 5.56 Å². The van der Waals surface area contributed by atoms with Crippen molar-refractivity contribution in [2.24, 2.45) is 0 Å². The molecule has 11 heteroatoms. The molecule has 39 heavy (non-hydrogen) atoms. The first-order chi connectivity index (χ1) is 18.8. The summed E-state index contributed by atoms with van der Waals surface area (Å²) in [5.74, 6) is 0.960. The molecule has 194 valence electrons. The maximum Gasteiger partial charge on any atom is 0.416 e. The molecule has 0 saturated carbocycles. The van der Waals surface area contributed by atoms with Gasteiger partial charge in [0.2, 0.25) is 5.95 Å². The lowest BCUT2D eigenvalue weighted by atomic mass is 10.0. The molecule has 0 aliphatic rings. The second-order valence-electron chi connectivity index (χ2n) is 8.71. The Bertz CT molecular complexity index is 1880. The fraction of sp³-hybridized carbons (Fsp3) is 0.0714. The first-order valence-corrected chi connectivity index (χ1v) is 11.8. The van der Waals surface area contributed by atoms with Crippen LogP contribution in [0.3, 0.4) is 0 Å². The van der Waals surface area contributed by atoms with Crippen LogP contribution in [0.25, 0.3) is 38.8 Å². The number of benzene rings is 3. The van der Waals surface area contributed by atoms with E-state index in [0.717, 1.165) is 17.8 Å². The van der Waals surface area contributed by atoms with Crippen molar-refractivity contribution in [1.29, 1.82) is 0 Å². The lowest BCUT2D eigenvalue weighted by molar-refractivity contribution is -0.137. The van der Waals surface area contributed by atoms with Crippen molar-refractivity contribution in [3.05, 3.63) is 101 Å². The maximum atomic E-state index is 13.6. The first-order valence-electron chi connectivity index (χ1n) is 11.8. The van der Waals surface area contributed by atoms with Gasteiger partial charge in [0.15, 0.2) is 5.65 Å². The monoisotopic (exact) mass is 528 g/mol. The number of fused-ring (bicyclic) bond motifs is 3. The Hall–Kier alpha value is -5.19. The van der Waals surface area contributed by atoms with E-state index in [9.17, 15) is 18.0 Å². The number of nitrogens with one attached hydrogen (secondary N) is 2. The van der Waals surface area contributed by atoms with Crippen LogP contribution in [-0.4, -0.2) is 31.8 Å². The van der Waals surface area contributed by atoms with E-state index < -0.39 is 11.7 Å².